The predicted octanol–water partition coefficient (Wildman–Crippen LogP) is 2.59. The fourth-order valence-corrected chi connectivity index (χ4v) is 5.90. The number of thiazole rings is 1. The number of nitrogens with one attached hydrogen (secondary N) is 2. The van der Waals surface area contributed by atoms with E-state index in [1.165, 1.54) is 22.7 Å². The third-order valence-electron chi connectivity index (χ3n) is 5.99. The smallest absolute Gasteiger partial charge is 0.328 e. The highest BCUT2D eigenvalue weighted by molar-refractivity contribution is 7.17. The number of amides is 2. The number of hydrogen-bond acceptors (Lipinski definition) is 9. The number of hydrogen-bond donors (Lipinski definition) is 3. The molecule has 0 bridgehead atoms. The molecule has 1 fully saturated rings. The van der Waals surface area contributed by atoms with E-state index in [9.17, 15) is 19.5 Å². The molecule has 196 valence electrons. The maximum absolute atomic E-state index is 13.1. The first-order valence-electron chi connectivity index (χ1n) is 12.0. The average Bonchev–Trinajstić information content (AvgIpc) is 3.57. The van der Waals surface area contributed by atoms with Crippen LogP contribution < -0.4 is 20.4 Å². The maximum Gasteiger partial charge on any atom is 0.328 e. The Morgan fingerprint density at radius 3 is 2.41 bits per heavy atom. The third kappa shape index (κ3) is 6.83. The van der Waals surface area contributed by atoms with Gasteiger partial charge in [-0.3, -0.25) is 14.6 Å². The van der Waals surface area contributed by atoms with Crippen molar-refractivity contribution >= 4 is 51.3 Å². The van der Waals surface area contributed by atoms with Crippen molar-refractivity contribution in [1.29, 1.82) is 0 Å². The Morgan fingerprint density at radius 2 is 1.78 bits per heavy atom. The van der Waals surface area contributed by atoms with Gasteiger partial charge in [0.25, 0.3) is 5.91 Å². The molecule has 2 amide bonds. The van der Waals surface area contributed by atoms with E-state index in [4.69, 9.17) is 4.98 Å². The van der Waals surface area contributed by atoms with E-state index in [0.717, 1.165) is 41.9 Å². The summed E-state index contributed by atoms with van der Waals surface area (Å²) in [5, 5.41) is 17.4. The monoisotopic (exact) mass is 542 g/mol. The topological polar surface area (TPSA) is 128 Å². The van der Waals surface area contributed by atoms with E-state index in [1.54, 1.807) is 12.4 Å². The van der Waals surface area contributed by atoms with Gasteiger partial charge in [-0.25, -0.2) is 9.78 Å². The van der Waals surface area contributed by atoms with Crippen LogP contribution in [0.3, 0.4) is 0 Å². The highest BCUT2D eigenvalue weighted by atomic mass is 32.1. The lowest BCUT2D eigenvalue weighted by Crippen LogP contribution is -2.48. The van der Waals surface area contributed by atoms with Crippen LogP contribution in [0.5, 0.6) is 0 Å². The van der Waals surface area contributed by atoms with Crippen LogP contribution in [-0.4, -0.2) is 71.6 Å². The molecule has 1 aliphatic heterocycles. The molecule has 3 N–H and O–H groups in total. The van der Waals surface area contributed by atoms with Crippen LogP contribution in [0.2, 0.25) is 0 Å². The second-order valence-electron chi connectivity index (χ2n) is 8.97. The number of thiophene rings is 1. The van der Waals surface area contributed by atoms with Crippen molar-refractivity contribution in [2.45, 2.75) is 32.2 Å². The highest BCUT2D eigenvalue weighted by Crippen LogP contribution is 2.31. The van der Waals surface area contributed by atoms with Crippen LogP contribution in [-0.2, 0) is 16.0 Å². The van der Waals surface area contributed by atoms with Gasteiger partial charge >= 0.3 is 5.97 Å². The van der Waals surface area contributed by atoms with Gasteiger partial charge < -0.3 is 25.5 Å². The Labute approximate surface area is 223 Å². The number of carbonyl (C=O) groups excluding carboxylic acids is 2. The van der Waals surface area contributed by atoms with Crippen LogP contribution in [0.1, 0.15) is 40.0 Å². The fraction of sp³-hybridized carbons (Fsp3) is 0.400. The lowest BCUT2D eigenvalue weighted by molar-refractivity contribution is -0.141. The van der Waals surface area contributed by atoms with Crippen LogP contribution in [0, 0.1) is 0 Å². The molecule has 0 saturated carbocycles. The number of rotatable bonds is 10. The van der Waals surface area contributed by atoms with E-state index >= 15 is 0 Å². The van der Waals surface area contributed by atoms with Crippen molar-refractivity contribution < 1.29 is 19.5 Å². The van der Waals surface area contributed by atoms with Gasteiger partial charge in [0.1, 0.15) is 10.9 Å². The first-order chi connectivity index (χ1) is 17.8. The summed E-state index contributed by atoms with van der Waals surface area (Å²) in [6, 6.07) is 6.40. The molecular formula is C25H30N6O4S2. The normalized spacial score (nSPS) is 14.5. The summed E-state index contributed by atoms with van der Waals surface area (Å²) in [5.74, 6) is -1.98. The van der Waals surface area contributed by atoms with Crippen LogP contribution in [0.15, 0.2) is 42.0 Å². The standard InChI is InChI=1S/C25H30N6O4S2/c1-16(2)21-22(23(33)27-15-19(24(34)35)28-20(32)14-18-4-3-13-36-18)37-25(29-21)31-11-9-30(10-12-31)17-5-7-26-8-6-17/h3-8,13,16,19H,9-12,14-15H2,1-2H3,(H,27,33)(H,28,32)(H,34,35). The zero-order chi connectivity index (χ0) is 26.4. The minimum absolute atomic E-state index is 0.0182. The van der Waals surface area contributed by atoms with Gasteiger partial charge in [-0.2, -0.15) is 0 Å². The number of piperazine rings is 1. The van der Waals surface area contributed by atoms with Gasteiger partial charge in [0.15, 0.2) is 5.13 Å². The summed E-state index contributed by atoms with van der Waals surface area (Å²) in [5.41, 5.74) is 1.81. The van der Waals surface area contributed by atoms with Gasteiger partial charge in [0.2, 0.25) is 5.91 Å². The van der Waals surface area contributed by atoms with E-state index in [1.807, 2.05) is 43.5 Å². The number of anilines is 2. The number of nitrogens with zero attached hydrogens (tertiary/aromatic N) is 4. The molecule has 1 saturated heterocycles. The minimum Gasteiger partial charge on any atom is -0.480 e. The van der Waals surface area contributed by atoms with Crippen molar-refractivity contribution in [3.05, 3.63) is 57.5 Å². The van der Waals surface area contributed by atoms with Crippen molar-refractivity contribution in [3.63, 3.8) is 0 Å². The van der Waals surface area contributed by atoms with Gasteiger partial charge in [-0.05, 0) is 29.5 Å². The third-order valence-corrected chi connectivity index (χ3v) is 8.00. The van der Waals surface area contributed by atoms with Crippen molar-refractivity contribution in [3.8, 4) is 0 Å². The lowest BCUT2D eigenvalue weighted by atomic mass is 10.1. The van der Waals surface area contributed by atoms with Gasteiger partial charge in [0.05, 0.1) is 12.1 Å². The van der Waals surface area contributed by atoms with Crippen LogP contribution in [0.4, 0.5) is 10.8 Å². The number of aliphatic carboxylic acids is 1. The zero-order valence-corrected chi connectivity index (χ0v) is 22.3. The molecule has 1 atom stereocenters. The summed E-state index contributed by atoms with van der Waals surface area (Å²) in [4.78, 5) is 51.7. The Morgan fingerprint density at radius 1 is 1.08 bits per heavy atom. The molecule has 3 aromatic rings. The Kier molecular flexibility index (Phi) is 8.72. The second-order valence-corrected chi connectivity index (χ2v) is 11.0. The van der Waals surface area contributed by atoms with Gasteiger partial charge in [-0.15, -0.1) is 11.3 Å². The molecule has 4 heterocycles. The second kappa shape index (κ2) is 12.2. The molecule has 12 heteroatoms. The molecule has 0 aliphatic carbocycles. The molecule has 1 aliphatic rings. The maximum atomic E-state index is 13.1. The summed E-state index contributed by atoms with van der Waals surface area (Å²) < 4.78 is 0. The molecule has 0 spiro atoms. The summed E-state index contributed by atoms with van der Waals surface area (Å²) in [6.07, 6.45) is 3.67. The molecule has 4 rings (SSSR count). The van der Waals surface area contributed by atoms with E-state index < -0.39 is 17.9 Å². The molecule has 10 nitrogen and oxygen atoms in total. The SMILES string of the molecule is CC(C)c1nc(N2CCN(c3ccncc3)CC2)sc1C(=O)NCC(NC(=O)Cc1cccs1)C(=O)O. The van der Waals surface area contributed by atoms with Gasteiger partial charge in [0, 0.05) is 55.7 Å². The zero-order valence-electron chi connectivity index (χ0n) is 20.7. The van der Waals surface area contributed by atoms with E-state index in [0.29, 0.717) is 10.6 Å². The van der Waals surface area contributed by atoms with Crippen molar-refractivity contribution in [2.75, 3.05) is 42.5 Å². The molecule has 0 aromatic carbocycles. The van der Waals surface area contributed by atoms with Crippen molar-refractivity contribution in [1.82, 2.24) is 20.6 Å². The number of carboxylic acid groups (broad SMARTS) is 1. The van der Waals surface area contributed by atoms with Gasteiger partial charge in [-0.1, -0.05) is 31.3 Å². The number of aromatic nitrogens is 2. The minimum atomic E-state index is -1.23. The number of carboxylic acids is 1. The summed E-state index contributed by atoms with van der Waals surface area (Å²) in [6.45, 7) is 6.92. The molecule has 37 heavy (non-hydrogen) atoms. The Bertz CT molecular complexity index is 1210. The molecule has 1 unspecified atom stereocenters. The lowest BCUT2D eigenvalue weighted by Gasteiger charge is -2.35. The Hall–Kier alpha value is -3.51. The fourth-order valence-electron chi connectivity index (χ4n) is 4.01. The molecular weight excluding hydrogens is 512 g/mol. The van der Waals surface area contributed by atoms with Crippen LogP contribution in [0.25, 0.3) is 0 Å². The van der Waals surface area contributed by atoms with Crippen LogP contribution >= 0.6 is 22.7 Å². The summed E-state index contributed by atoms with van der Waals surface area (Å²) >= 11 is 2.74. The van der Waals surface area contributed by atoms with Crippen molar-refractivity contribution in [2.24, 2.45) is 0 Å². The first-order valence-corrected chi connectivity index (χ1v) is 13.7. The van der Waals surface area contributed by atoms with E-state index in [2.05, 4.69) is 25.4 Å². The van der Waals surface area contributed by atoms with E-state index in [-0.39, 0.29) is 24.8 Å². The predicted molar refractivity (Wildman–Crippen MR) is 145 cm³/mol. The highest BCUT2D eigenvalue weighted by Gasteiger charge is 2.27. The summed E-state index contributed by atoms with van der Waals surface area (Å²) in [7, 11) is 0. The molecule has 0 radical (unpaired) electrons. The number of pyridine rings is 1. The molecule has 3 aromatic heterocycles. The first kappa shape index (κ1) is 26.6. The number of carbonyl (C=O) groups is 3. The average molecular weight is 543 g/mol. The quantitative estimate of drug-likeness (QED) is 0.357. The Balaban J connectivity index is 1.38. The largest absolute Gasteiger partial charge is 0.480 e.